The number of aryl methyl sites for hydroxylation is 1. The quantitative estimate of drug-likeness (QED) is 0.669. The van der Waals surface area contributed by atoms with E-state index in [1.54, 1.807) is 13.0 Å². The number of benzene rings is 1. The van der Waals surface area contributed by atoms with Crippen LogP contribution in [0, 0.1) is 6.92 Å². The van der Waals surface area contributed by atoms with Gasteiger partial charge in [-0.1, -0.05) is 0 Å². The van der Waals surface area contributed by atoms with Gasteiger partial charge in [-0.3, -0.25) is 0 Å². The van der Waals surface area contributed by atoms with Crippen LogP contribution in [0.2, 0.25) is 0 Å². The fourth-order valence-corrected chi connectivity index (χ4v) is 3.36. The van der Waals surface area contributed by atoms with Gasteiger partial charge in [-0.15, -0.1) is 0 Å². The molecule has 0 bridgehead atoms. The van der Waals surface area contributed by atoms with Crippen LogP contribution in [0.1, 0.15) is 28.4 Å². The van der Waals surface area contributed by atoms with E-state index in [0.717, 1.165) is 22.2 Å². The third-order valence-electron chi connectivity index (χ3n) is 2.16. The van der Waals surface area contributed by atoms with Gasteiger partial charge >= 0.3 is 102 Å². The molecule has 5 heteroatoms. The van der Waals surface area contributed by atoms with Crippen molar-refractivity contribution in [3.8, 4) is 5.75 Å². The summed E-state index contributed by atoms with van der Waals surface area (Å²) >= 11 is -0.0302. The molecule has 88 valence electrons. The average molecular weight is 305 g/mol. The molecule has 0 atom stereocenters. The maximum absolute atomic E-state index is 11.1. The Kier molecular flexibility index (Phi) is 5.14. The molecule has 0 aromatic heterocycles. The SMILES string of the molecule is CCOc1cc(C)c(C(=O)O)c(C[SeH]=P)c1. The number of carboxylic acid groups (broad SMARTS) is 1. The van der Waals surface area contributed by atoms with E-state index in [1.807, 2.05) is 13.0 Å². The molecule has 0 aliphatic rings. The van der Waals surface area contributed by atoms with E-state index in [1.165, 1.54) is 0 Å². The second kappa shape index (κ2) is 6.15. The summed E-state index contributed by atoms with van der Waals surface area (Å²) in [5.74, 6) is -0.113. The molecule has 1 aromatic rings. The Bertz CT molecular complexity index is 418. The first-order chi connectivity index (χ1) is 7.60. The van der Waals surface area contributed by atoms with Crippen molar-refractivity contribution in [2.24, 2.45) is 0 Å². The van der Waals surface area contributed by atoms with Gasteiger partial charge in [0, 0.05) is 0 Å². The van der Waals surface area contributed by atoms with E-state index in [9.17, 15) is 4.79 Å². The molecule has 0 spiro atoms. The Balaban J connectivity index is 3.26. The Labute approximate surface area is 103 Å². The van der Waals surface area contributed by atoms with E-state index >= 15 is 0 Å². The van der Waals surface area contributed by atoms with E-state index < -0.39 is 5.97 Å². The summed E-state index contributed by atoms with van der Waals surface area (Å²) < 4.78 is 5.41. The Hall–Kier alpha value is -0.691. The first-order valence-corrected chi connectivity index (χ1v) is 9.51. The molecule has 1 N–H and O–H groups in total. The zero-order chi connectivity index (χ0) is 12.1. The molecular formula is C11H15O3PSe. The van der Waals surface area contributed by atoms with Crippen molar-refractivity contribution in [2.45, 2.75) is 19.2 Å². The number of rotatable bonds is 5. The fraction of sp³-hybridized carbons (Fsp3) is 0.364. The summed E-state index contributed by atoms with van der Waals surface area (Å²) in [4.78, 5) is 11.1. The van der Waals surface area contributed by atoms with Gasteiger partial charge < -0.3 is 0 Å². The van der Waals surface area contributed by atoms with Gasteiger partial charge in [-0.05, 0) is 0 Å². The monoisotopic (exact) mass is 306 g/mol. The number of ether oxygens (including phenoxy) is 1. The van der Waals surface area contributed by atoms with Gasteiger partial charge in [-0.2, -0.15) is 0 Å². The van der Waals surface area contributed by atoms with E-state index in [0.29, 0.717) is 12.2 Å². The molecule has 0 aliphatic carbocycles. The molecule has 0 radical (unpaired) electrons. The Morgan fingerprint density at radius 2 is 2.25 bits per heavy atom. The number of hydrogen-bond donors (Lipinski definition) is 1. The van der Waals surface area contributed by atoms with Gasteiger partial charge in [0.15, 0.2) is 0 Å². The Morgan fingerprint density at radius 3 is 2.75 bits per heavy atom. The van der Waals surface area contributed by atoms with Crippen LogP contribution in [0.15, 0.2) is 12.1 Å². The predicted octanol–water partition coefficient (Wildman–Crippen LogP) is 2.09. The van der Waals surface area contributed by atoms with Crippen LogP contribution in [-0.2, 0) is 5.32 Å². The second-order valence-corrected chi connectivity index (χ2v) is 6.30. The first-order valence-electron chi connectivity index (χ1n) is 4.93. The van der Waals surface area contributed by atoms with Crippen LogP contribution in [0.25, 0.3) is 0 Å². The summed E-state index contributed by atoms with van der Waals surface area (Å²) in [5, 5.41) is 9.92. The summed E-state index contributed by atoms with van der Waals surface area (Å²) in [5.41, 5.74) is 2.03. The molecule has 0 amide bonds. The summed E-state index contributed by atoms with van der Waals surface area (Å²) in [6.07, 6.45) is 0. The van der Waals surface area contributed by atoms with E-state index in [2.05, 4.69) is 7.49 Å². The maximum atomic E-state index is 11.1. The molecule has 1 aromatic carbocycles. The molecule has 3 nitrogen and oxygen atoms in total. The standard InChI is InChI=1S/C11H15O3PSe/c1-3-14-9-4-7(2)10(11(12)13)8(5-9)6-16-15/h4-5,15-16H,3,6H2,1-2H3,(H,12,13). The number of carboxylic acids is 1. The zero-order valence-electron chi connectivity index (χ0n) is 9.28. The van der Waals surface area contributed by atoms with Crippen molar-refractivity contribution < 1.29 is 14.6 Å². The van der Waals surface area contributed by atoms with Gasteiger partial charge in [-0.25, -0.2) is 0 Å². The number of aromatic carboxylic acids is 1. The molecule has 16 heavy (non-hydrogen) atoms. The normalized spacial score (nSPS) is 10.1. The molecular weight excluding hydrogens is 290 g/mol. The minimum absolute atomic E-state index is 0.0302. The van der Waals surface area contributed by atoms with Crippen molar-refractivity contribution >= 4 is 27.5 Å². The van der Waals surface area contributed by atoms with Crippen LogP contribution < -0.4 is 4.74 Å². The van der Waals surface area contributed by atoms with Crippen molar-refractivity contribution in [3.05, 3.63) is 28.8 Å². The van der Waals surface area contributed by atoms with Crippen molar-refractivity contribution in [3.63, 3.8) is 0 Å². The van der Waals surface area contributed by atoms with Crippen molar-refractivity contribution in [2.75, 3.05) is 6.61 Å². The van der Waals surface area contributed by atoms with Gasteiger partial charge in [0.1, 0.15) is 0 Å². The summed E-state index contributed by atoms with van der Waals surface area (Å²) in [6, 6.07) is 3.61. The topological polar surface area (TPSA) is 46.5 Å². The molecule has 0 saturated carbocycles. The van der Waals surface area contributed by atoms with Crippen LogP contribution in [0.4, 0.5) is 0 Å². The Morgan fingerprint density at radius 1 is 1.56 bits per heavy atom. The van der Waals surface area contributed by atoms with Crippen LogP contribution >= 0.6 is 7.49 Å². The molecule has 0 aliphatic heterocycles. The van der Waals surface area contributed by atoms with Crippen LogP contribution in [-0.4, -0.2) is 31.7 Å². The van der Waals surface area contributed by atoms with Crippen molar-refractivity contribution in [1.29, 1.82) is 0 Å². The average Bonchev–Trinajstić information content (AvgIpc) is 2.17. The molecule has 0 heterocycles. The molecule has 0 saturated heterocycles. The molecule has 0 unspecified atom stereocenters. The summed E-state index contributed by atoms with van der Waals surface area (Å²) in [6.45, 7) is 4.31. The zero-order valence-corrected chi connectivity index (χ0v) is 12.2. The third kappa shape index (κ3) is 3.15. The minimum atomic E-state index is -0.864. The van der Waals surface area contributed by atoms with Gasteiger partial charge in [0.05, 0.1) is 0 Å². The second-order valence-electron chi connectivity index (χ2n) is 3.33. The van der Waals surface area contributed by atoms with Gasteiger partial charge in [0.2, 0.25) is 0 Å². The first kappa shape index (κ1) is 13.4. The number of carbonyl (C=O) groups is 1. The van der Waals surface area contributed by atoms with Gasteiger partial charge in [0.25, 0.3) is 0 Å². The molecule has 1 rings (SSSR count). The van der Waals surface area contributed by atoms with E-state index in [-0.39, 0.29) is 14.0 Å². The fourth-order valence-electron chi connectivity index (χ4n) is 1.59. The van der Waals surface area contributed by atoms with Crippen molar-refractivity contribution in [1.82, 2.24) is 0 Å². The molecule has 0 fully saturated rings. The van der Waals surface area contributed by atoms with E-state index in [4.69, 9.17) is 9.84 Å². The van der Waals surface area contributed by atoms with Crippen LogP contribution in [0.3, 0.4) is 0 Å². The van der Waals surface area contributed by atoms with Crippen LogP contribution in [0.5, 0.6) is 5.75 Å². The predicted molar refractivity (Wildman–Crippen MR) is 68.5 cm³/mol. The summed E-state index contributed by atoms with van der Waals surface area (Å²) in [7, 11) is 3.47. The third-order valence-corrected chi connectivity index (χ3v) is 4.03. The number of hydrogen-bond acceptors (Lipinski definition) is 2.